The van der Waals surface area contributed by atoms with Gasteiger partial charge >= 0.3 is 0 Å². The van der Waals surface area contributed by atoms with Crippen molar-refractivity contribution in [2.75, 3.05) is 7.11 Å². The van der Waals surface area contributed by atoms with Gasteiger partial charge in [0.15, 0.2) is 11.5 Å². The average Bonchev–Trinajstić information content (AvgIpc) is 2.76. The zero-order chi connectivity index (χ0) is 21.4. The van der Waals surface area contributed by atoms with Crippen LogP contribution in [0, 0.1) is 23.2 Å². The van der Waals surface area contributed by atoms with Crippen LogP contribution in [-0.2, 0) is 13.2 Å². The first-order chi connectivity index (χ1) is 15.0. The number of nitrogens with zero attached hydrogens (tertiary/aromatic N) is 1. The molecule has 4 bridgehead atoms. The van der Waals surface area contributed by atoms with Crippen molar-refractivity contribution in [1.82, 2.24) is 10.3 Å². The van der Waals surface area contributed by atoms with Crippen molar-refractivity contribution in [2.24, 2.45) is 23.2 Å². The average molecular weight is 441 g/mol. The summed E-state index contributed by atoms with van der Waals surface area (Å²) in [6, 6.07) is 10.5. The van der Waals surface area contributed by atoms with Crippen LogP contribution in [0.15, 0.2) is 36.5 Å². The number of benzene rings is 1. The minimum absolute atomic E-state index is 0.432. The molecule has 1 unspecified atom stereocenters. The molecule has 1 atom stereocenters. The quantitative estimate of drug-likeness (QED) is 0.510. The lowest BCUT2D eigenvalue weighted by Crippen LogP contribution is -2.54. The summed E-state index contributed by atoms with van der Waals surface area (Å²) in [5, 5.41) is 4.36. The van der Waals surface area contributed by atoms with E-state index in [-0.39, 0.29) is 0 Å². The van der Waals surface area contributed by atoms with Gasteiger partial charge in [0, 0.05) is 24.3 Å². The first kappa shape index (κ1) is 21.1. The molecule has 31 heavy (non-hydrogen) atoms. The van der Waals surface area contributed by atoms with Gasteiger partial charge in [-0.1, -0.05) is 23.7 Å². The lowest BCUT2D eigenvalue weighted by atomic mass is 9.48. The highest BCUT2D eigenvalue weighted by Crippen LogP contribution is 2.61. The topological polar surface area (TPSA) is 43.4 Å². The van der Waals surface area contributed by atoms with E-state index in [0.29, 0.717) is 23.2 Å². The van der Waals surface area contributed by atoms with E-state index in [0.717, 1.165) is 41.4 Å². The van der Waals surface area contributed by atoms with Gasteiger partial charge in [0.2, 0.25) is 0 Å². The Balaban J connectivity index is 1.20. The Morgan fingerprint density at radius 2 is 1.71 bits per heavy atom. The molecule has 0 aliphatic heterocycles. The van der Waals surface area contributed by atoms with Crippen molar-refractivity contribution < 1.29 is 9.47 Å². The predicted octanol–water partition coefficient (Wildman–Crippen LogP) is 6.02. The standard InChI is InChI=1S/C26H33ClN2O2/c1-17(26-11-20-7-21(12-26)9-22(8-20)13-26)28-14-18-3-5-23(24(10-18)30-2)31-16-19-4-6-25(27)29-15-19/h3-6,10,15,17,20-22,28H,7-9,11-14,16H2,1-2H3. The molecule has 1 heterocycles. The fourth-order valence-corrected chi connectivity index (χ4v) is 6.90. The fraction of sp³-hybridized carbons (Fsp3) is 0.577. The van der Waals surface area contributed by atoms with Gasteiger partial charge in [0.05, 0.1) is 7.11 Å². The van der Waals surface area contributed by atoms with Gasteiger partial charge < -0.3 is 14.8 Å². The van der Waals surface area contributed by atoms with Crippen molar-refractivity contribution in [2.45, 2.75) is 64.6 Å². The first-order valence-electron chi connectivity index (χ1n) is 11.7. The molecule has 0 radical (unpaired) electrons. The van der Waals surface area contributed by atoms with Crippen LogP contribution in [0.3, 0.4) is 0 Å². The molecule has 1 N–H and O–H groups in total. The van der Waals surface area contributed by atoms with Gasteiger partial charge in [-0.2, -0.15) is 0 Å². The molecule has 0 amide bonds. The molecule has 4 fully saturated rings. The second-order valence-electron chi connectivity index (χ2n) is 10.1. The SMILES string of the molecule is COc1cc(CNC(C)C23CC4CC(CC(C4)C2)C3)ccc1OCc1ccc(Cl)nc1. The van der Waals surface area contributed by atoms with E-state index in [9.17, 15) is 0 Å². The van der Waals surface area contributed by atoms with Gasteiger partial charge in [0.1, 0.15) is 11.8 Å². The van der Waals surface area contributed by atoms with Crippen molar-refractivity contribution >= 4 is 11.6 Å². The van der Waals surface area contributed by atoms with Crippen molar-refractivity contribution in [1.29, 1.82) is 0 Å². The van der Waals surface area contributed by atoms with Crippen molar-refractivity contribution in [3.05, 3.63) is 52.8 Å². The molecular formula is C26H33ClN2O2. The minimum Gasteiger partial charge on any atom is -0.493 e. The molecule has 0 spiro atoms. The van der Waals surface area contributed by atoms with E-state index in [1.165, 1.54) is 44.1 Å². The molecule has 1 aromatic heterocycles. The number of hydrogen-bond acceptors (Lipinski definition) is 4. The molecule has 1 aromatic carbocycles. The molecule has 5 heteroatoms. The highest BCUT2D eigenvalue weighted by atomic mass is 35.5. The highest BCUT2D eigenvalue weighted by Gasteiger charge is 2.52. The van der Waals surface area contributed by atoms with Gasteiger partial charge in [-0.25, -0.2) is 4.98 Å². The monoisotopic (exact) mass is 440 g/mol. The molecule has 4 aliphatic rings. The summed E-state index contributed by atoms with van der Waals surface area (Å²) < 4.78 is 11.6. The van der Waals surface area contributed by atoms with Crippen LogP contribution in [0.5, 0.6) is 11.5 Å². The maximum absolute atomic E-state index is 5.97. The number of methoxy groups -OCH3 is 1. The summed E-state index contributed by atoms with van der Waals surface area (Å²) in [4.78, 5) is 4.10. The minimum atomic E-state index is 0.432. The molecule has 2 aromatic rings. The largest absolute Gasteiger partial charge is 0.493 e. The Morgan fingerprint density at radius 3 is 2.32 bits per heavy atom. The summed E-state index contributed by atoms with van der Waals surface area (Å²) in [7, 11) is 1.70. The lowest BCUT2D eigenvalue weighted by molar-refractivity contribution is -0.0706. The second kappa shape index (κ2) is 8.63. The maximum atomic E-state index is 5.97. The van der Waals surface area contributed by atoms with E-state index >= 15 is 0 Å². The number of rotatable bonds is 8. The van der Waals surface area contributed by atoms with Crippen LogP contribution in [0.2, 0.25) is 5.15 Å². The molecule has 0 saturated heterocycles. The zero-order valence-electron chi connectivity index (χ0n) is 18.6. The number of nitrogens with one attached hydrogen (secondary N) is 1. The summed E-state index contributed by atoms with van der Waals surface area (Å²) in [6.07, 6.45) is 10.5. The fourth-order valence-electron chi connectivity index (χ4n) is 6.79. The Hall–Kier alpha value is -1.78. The first-order valence-corrected chi connectivity index (χ1v) is 12.0. The molecule has 4 saturated carbocycles. The molecule has 4 nitrogen and oxygen atoms in total. The molecule has 6 rings (SSSR count). The lowest BCUT2D eigenvalue weighted by Gasteiger charge is -2.59. The predicted molar refractivity (Wildman–Crippen MR) is 123 cm³/mol. The van der Waals surface area contributed by atoms with Crippen LogP contribution < -0.4 is 14.8 Å². The number of ether oxygens (including phenoxy) is 2. The summed E-state index contributed by atoms with van der Waals surface area (Å²) in [5.41, 5.74) is 2.73. The Bertz CT molecular complexity index is 879. The van der Waals surface area contributed by atoms with E-state index in [4.69, 9.17) is 21.1 Å². The van der Waals surface area contributed by atoms with E-state index < -0.39 is 0 Å². The van der Waals surface area contributed by atoms with E-state index in [1.54, 1.807) is 19.4 Å². The summed E-state index contributed by atoms with van der Waals surface area (Å²) >= 11 is 5.85. The molecule has 4 aliphatic carbocycles. The number of pyridine rings is 1. The van der Waals surface area contributed by atoms with Gasteiger partial charge in [-0.05, 0) is 92.4 Å². The van der Waals surface area contributed by atoms with Gasteiger partial charge in [0.25, 0.3) is 0 Å². The van der Waals surface area contributed by atoms with Crippen LogP contribution in [0.4, 0.5) is 0 Å². The van der Waals surface area contributed by atoms with Crippen molar-refractivity contribution in [3.63, 3.8) is 0 Å². The smallest absolute Gasteiger partial charge is 0.161 e. The van der Waals surface area contributed by atoms with Crippen molar-refractivity contribution in [3.8, 4) is 11.5 Å². The van der Waals surface area contributed by atoms with E-state index in [1.807, 2.05) is 12.1 Å². The zero-order valence-corrected chi connectivity index (χ0v) is 19.3. The third-order valence-electron chi connectivity index (χ3n) is 8.03. The second-order valence-corrected chi connectivity index (χ2v) is 10.5. The number of aromatic nitrogens is 1. The normalized spacial score (nSPS) is 29.7. The third kappa shape index (κ3) is 4.42. The maximum Gasteiger partial charge on any atom is 0.161 e. The Morgan fingerprint density at radius 1 is 1.03 bits per heavy atom. The van der Waals surface area contributed by atoms with E-state index in [2.05, 4.69) is 29.4 Å². The number of halogens is 1. The van der Waals surface area contributed by atoms with Crippen LogP contribution in [0.25, 0.3) is 0 Å². The van der Waals surface area contributed by atoms with Crippen LogP contribution in [0.1, 0.15) is 56.6 Å². The highest BCUT2D eigenvalue weighted by molar-refractivity contribution is 6.29. The molecular weight excluding hydrogens is 408 g/mol. The third-order valence-corrected chi connectivity index (χ3v) is 8.25. The van der Waals surface area contributed by atoms with Crippen LogP contribution in [-0.4, -0.2) is 18.1 Å². The van der Waals surface area contributed by atoms with Crippen LogP contribution >= 0.6 is 11.6 Å². The Labute approximate surface area is 190 Å². The summed E-state index contributed by atoms with van der Waals surface area (Å²) in [6.45, 7) is 3.71. The number of hydrogen-bond donors (Lipinski definition) is 1. The van der Waals surface area contributed by atoms with Gasteiger partial charge in [-0.15, -0.1) is 0 Å². The summed E-state index contributed by atoms with van der Waals surface area (Å²) in [5.74, 6) is 4.48. The molecule has 166 valence electrons. The van der Waals surface area contributed by atoms with Gasteiger partial charge in [-0.3, -0.25) is 0 Å². The Kier molecular flexibility index (Phi) is 5.87.